The number of hydrogen-bond donors (Lipinski definition) is 3. The number of fused-ring (bicyclic) bond motifs is 1. The van der Waals surface area contributed by atoms with E-state index in [4.69, 9.17) is 14.9 Å². The van der Waals surface area contributed by atoms with Gasteiger partial charge in [0.25, 0.3) is 11.8 Å². The molecular weight excluding hydrogens is 374 g/mol. The molecular formula is C17H17N3O6S. The van der Waals surface area contributed by atoms with Crippen LogP contribution in [0.25, 0.3) is 0 Å². The molecule has 9 nitrogen and oxygen atoms in total. The van der Waals surface area contributed by atoms with E-state index in [2.05, 4.69) is 5.32 Å². The van der Waals surface area contributed by atoms with Crippen molar-refractivity contribution < 1.29 is 28.3 Å². The van der Waals surface area contributed by atoms with Crippen LogP contribution in [0.5, 0.6) is 0 Å². The highest BCUT2D eigenvalue weighted by Gasteiger charge is 2.31. The predicted octanol–water partition coefficient (Wildman–Crippen LogP) is 1.82. The van der Waals surface area contributed by atoms with Gasteiger partial charge < -0.3 is 20.2 Å². The average molecular weight is 391 g/mol. The van der Waals surface area contributed by atoms with Gasteiger partial charge in [0.2, 0.25) is 0 Å². The summed E-state index contributed by atoms with van der Waals surface area (Å²) < 4.78 is 10.2. The Bertz CT molecular complexity index is 902. The lowest BCUT2D eigenvalue weighted by Crippen LogP contribution is -2.42. The van der Waals surface area contributed by atoms with E-state index in [1.54, 1.807) is 6.07 Å². The van der Waals surface area contributed by atoms with Gasteiger partial charge in [0, 0.05) is 4.88 Å². The van der Waals surface area contributed by atoms with Crippen molar-refractivity contribution in [3.05, 3.63) is 40.2 Å². The van der Waals surface area contributed by atoms with E-state index in [0.29, 0.717) is 11.4 Å². The van der Waals surface area contributed by atoms with E-state index in [-0.39, 0.29) is 11.3 Å². The van der Waals surface area contributed by atoms with E-state index < -0.39 is 29.9 Å². The van der Waals surface area contributed by atoms with Gasteiger partial charge in [-0.2, -0.15) is 0 Å². The lowest BCUT2D eigenvalue weighted by atomic mass is 10.1. The van der Waals surface area contributed by atoms with Crippen LogP contribution in [0.1, 0.15) is 44.7 Å². The summed E-state index contributed by atoms with van der Waals surface area (Å²) in [5.41, 5.74) is 5.93. The molecule has 10 heteroatoms. The fraction of sp³-hybridized carbons (Fsp3) is 0.294. The molecule has 0 aromatic carbocycles. The molecule has 3 rings (SSSR count). The summed E-state index contributed by atoms with van der Waals surface area (Å²) in [5.74, 6) is -1.97. The lowest BCUT2D eigenvalue weighted by Gasteiger charge is -2.13. The number of esters is 1. The molecule has 0 radical (unpaired) electrons. The molecule has 4 N–H and O–H groups in total. The van der Waals surface area contributed by atoms with E-state index in [1.807, 2.05) is 5.32 Å². The molecule has 2 heterocycles. The predicted molar refractivity (Wildman–Crippen MR) is 95.6 cm³/mol. The first kappa shape index (κ1) is 18.6. The number of carbonyl (C=O) groups is 4. The topological polar surface area (TPSA) is 141 Å². The molecule has 2 aromatic rings. The minimum absolute atomic E-state index is 0.108. The summed E-state index contributed by atoms with van der Waals surface area (Å²) >= 11 is 1.30. The van der Waals surface area contributed by atoms with Crippen LogP contribution in [0, 0.1) is 0 Å². The van der Waals surface area contributed by atoms with Gasteiger partial charge in [-0.15, -0.1) is 11.3 Å². The molecule has 0 aliphatic heterocycles. The normalized spacial score (nSPS) is 13.5. The first-order valence-electron chi connectivity index (χ1n) is 8.17. The monoisotopic (exact) mass is 391 g/mol. The van der Waals surface area contributed by atoms with Crippen molar-refractivity contribution in [1.29, 1.82) is 0 Å². The number of anilines is 1. The highest BCUT2D eigenvalue weighted by atomic mass is 32.1. The second-order valence-electron chi connectivity index (χ2n) is 5.89. The molecule has 0 bridgehead atoms. The third-order valence-electron chi connectivity index (χ3n) is 4.00. The molecule has 0 saturated heterocycles. The third-order valence-corrected chi connectivity index (χ3v) is 5.20. The summed E-state index contributed by atoms with van der Waals surface area (Å²) in [4.78, 5) is 48.4. The molecule has 1 aliphatic rings. The lowest BCUT2D eigenvalue weighted by molar-refractivity contribution is -0.127. The Hall–Kier alpha value is -3.14. The highest BCUT2D eigenvalue weighted by molar-refractivity contribution is 7.17. The molecule has 0 unspecified atom stereocenters. The zero-order valence-electron chi connectivity index (χ0n) is 14.4. The SMILES string of the molecule is C[C@H](OC(=O)c1c(NC(=O)c2ccco2)sc2c1CCC2)C(=O)NC(N)=O. The molecule has 0 saturated carbocycles. The number of aryl methyl sites for hydroxylation is 1. The third kappa shape index (κ3) is 4.00. The van der Waals surface area contributed by atoms with Gasteiger partial charge in [-0.1, -0.05) is 0 Å². The van der Waals surface area contributed by atoms with Crippen molar-refractivity contribution >= 4 is 40.2 Å². The van der Waals surface area contributed by atoms with Crippen LogP contribution in [0.2, 0.25) is 0 Å². The summed E-state index contributed by atoms with van der Waals surface area (Å²) in [7, 11) is 0. The van der Waals surface area contributed by atoms with Crippen LogP contribution in [0.15, 0.2) is 22.8 Å². The Balaban J connectivity index is 1.81. The van der Waals surface area contributed by atoms with Crippen LogP contribution >= 0.6 is 11.3 Å². The summed E-state index contributed by atoms with van der Waals surface area (Å²) in [6, 6.07) is 2.05. The molecule has 1 atom stereocenters. The number of nitrogens with one attached hydrogen (secondary N) is 2. The first-order valence-corrected chi connectivity index (χ1v) is 8.99. The van der Waals surface area contributed by atoms with Crippen molar-refractivity contribution in [1.82, 2.24) is 5.32 Å². The summed E-state index contributed by atoms with van der Waals surface area (Å²) in [6.45, 7) is 1.32. The maximum Gasteiger partial charge on any atom is 0.342 e. The number of ether oxygens (including phenoxy) is 1. The average Bonchev–Trinajstić information content (AvgIpc) is 3.30. The van der Waals surface area contributed by atoms with Gasteiger partial charge in [-0.3, -0.25) is 14.9 Å². The Morgan fingerprint density at radius 3 is 2.74 bits per heavy atom. The minimum Gasteiger partial charge on any atom is -0.459 e. The molecule has 1 aliphatic carbocycles. The van der Waals surface area contributed by atoms with E-state index in [0.717, 1.165) is 23.3 Å². The fourth-order valence-electron chi connectivity index (χ4n) is 2.78. The summed E-state index contributed by atoms with van der Waals surface area (Å²) in [5, 5.41) is 4.86. The Kier molecular flexibility index (Phi) is 5.26. The molecule has 4 amide bonds. The minimum atomic E-state index is -1.23. The van der Waals surface area contributed by atoms with Gasteiger partial charge >= 0.3 is 12.0 Å². The number of imide groups is 1. The number of nitrogens with two attached hydrogens (primary N) is 1. The van der Waals surface area contributed by atoms with Crippen molar-refractivity contribution in [2.75, 3.05) is 5.32 Å². The van der Waals surface area contributed by atoms with E-state index >= 15 is 0 Å². The number of urea groups is 1. The number of rotatable bonds is 5. The number of primary amides is 1. The zero-order valence-corrected chi connectivity index (χ0v) is 15.2. The van der Waals surface area contributed by atoms with Crippen molar-refractivity contribution in [3.8, 4) is 0 Å². The number of amides is 4. The second kappa shape index (κ2) is 7.62. The van der Waals surface area contributed by atoms with Gasteiger partial charge in [0.15, 0.2) is 11.9 Å². The smallest absolute Gasteiger partial charge is 0.342 e. The zero-order chi connectivity index (χ0) is 19.6. The summed E-state index contributed by atoms with van der Waals surface area (Å²) in [6.07, 6.45) is 2.52. The molecule has 0 spiro atoms. The Morgan fingerprint density at radius 2 is 2.07 bits per heavy atom. The van der Waals surface area contributed by atoms with Crippen LogP contribution in [-0.4, -0.2) is 29.9 Å². The van der Waals surface area contributed by atoms with Gasteiger partial charge in [0.1, 0.15) is 5.00 Å². The molecule has 27 heavy (non-hydrogen) atoms. The van der Waals surface area contributed by atoms with E-state index in [9.17, 15) is 19.2 Å². The van der Waals surface area contributed by atoms with Gasteiger partial charge in [-0.05, 0) is 43.9 Å². The standard InChI is InChI=1S/C17H17N3O6S/c1-8(13(21)20-17(18)24)26-16(23)12-9-4-2-6-11(9)27-15(12)19-14(22)10-5-3-7-25-10/h3,5,7-8H,2,4,6H2,1H3,(H,19,22)(H3,18,20,21,24)/t8-/m0/s1. The quantitative estimate of drug-likeness (QED) is 0.664. The van der Waals surface area contributed by atoms with Crippen LogP contribution in [0.3, 0.4) is 0 Å². The van der Waals surface area contributed by atoms with Gasteiger partial charge in [-0.25, -0.2) is 9.59 Å². The molecule has 142 valence electrons. The second-order valence-corrected chi connectivity index (χ2v) is 7.00. The van der Waals surface area contributed by atoms with Gasteiger partial charge in [0.05, 0.1) is 11.8 Å². The van der Waals surface area contributed by atoms with E-state index in [1.165, 1.54) is 30.6 Å². The maximum absolute atomic E-state index is 12.7. The number of furan rings is 1. The van der Waals surface area contributed by atoms with Crippen molar-refractivity contribution in [2.24, 2.45) is 5.73 Å². The number of carbonyl (C=O) groups excluding carboxylic acids is 4. The van der Waals surface area contributed by atoms with Crippen LogP contribution < -0.4 is 16.4 Å². The molecule has 2 aromatic heterocycles. The largest absolute Gasteiger partial charge is 0.459 e. The van der Waals surface area contributed by atoms with Crippen LogP contribution in [0.4, 0.5) is 9.80 Å². The maximum atomic E-state index is 12.7. The fourth-order valence-corrected chi connectivity index (χ4v) is 4.05. The highest BCUT2D eigenvalue weighted by Crippen LogP contribution is 2.39. The van der Waals surface area contributed by atoms with Crippen molar-refractivity contribution in [2.45, 2.75) is 32.3 Å². The Labute approximate surface area is 157 Å². The molecule has 0 fully saturated rings. The number of hydrogen-bond acceptors (Lipinski definition) is 7. The Morgan fingerprint density at radius 1 is 1.30 bits per heavy atom. The van der Waals surface area contributed by atoms with Crippen LogP contribution in [-0.2, 0) is 22.4 Å². The number of thiophene rings is 1. The first-order chi connectivity index (χ1) is 12.9. The van der Waals surface area contributed by atoms with Crippen molar-refractivity contribution in [3.63, 3.8) is 0 Å².